The third kappa shape index (κ3) is 3.05. The van der Waals surface area contributed by atoms with E-state index in [1.54, 1.807) is 0 Å². The Morgan fingerprint density at radius 1 is 1.58 bits per heavy atom. The predicted molar refractivity (Wildman–Crippen MR) is 60.0 cm³/mol. The molecule has 1 saturated carbocycles. The van der Waals surface area contributed by atoms with Gasteiger partial charge in [0.25, 0.3) is 0 Å². The van der Waals surface area contributed by atoms with E-state index in [0.29, 0.717) is 11.1 Å². The van der Waals surface area contributed by atoms with E-state index in [0.717, 1.165) is 12.7 Å². The minimum atomic E-state index is -4.49. The first-order valence-electron chi connectivity index (χ1n) is 5.90. The molecule has 2 atom stereocenters. The van der Waals surface area contributed by atoms with Gasteiger partial charge in [0.2, 0.25) is 5.91 Å². The molecule has 1 heterocycles. The van der Waals surface area contributed by atoms with Crippen LogP contribution in [0.1, 0.15) is 26.3 Å². The second-order valence-electron chi connectivity index (χ2n) is 5.42. The van der Waals surface area contributed by atoms with Crippen LogP contribution in [0.25, 0.3) is 0 Å². The summed E-state index contributed by atoms with van der Waals surface area (Å²) in [7, 11) is 0. The van der Waals surface area contributed by atoms with Gasteiger partial charge in [-0.1, -0.05) is 13.8 Å². The minimum absolute atomic E-state index is 0.106. The zero-order chi connectivity index (χ0) is 14.3. The van der Waals surface area contributed by atoms with Crippen molar-refractivity contribution < 1.29 is 18.0 Å². The van der Waals surface area contributed by atoms with Gasteiger partial charge < -0.3 is 5.32 Å². The molecule has 5 nitrogen and oxygen atoms in total. The van der Waals surface area contributed by atoms with Crippen molar-refractivity contribution in [1.29, 1.82) is 0 Å². The molecule has 2 rings (SSSR count). The van der Waals surface area contributed by atoms with Crippen molar-refractivity contribution in [1.82, 2.24) is 20.1 Å². The first-order valence-corrected chi connectivity index (χ1v) is 5.90. The van der Waals surface area contributed by atoms with Crippen molar-refractivity contribution in [3.8, 4) is 0 Å². The number of halogens is 3. The number of nitrogens with one attached hydrogen (secondary N) is 1. The van der Waals surface area contributed by atoms with Gasteiger partial charge in [0.1, 0.15) is 12.7 Å². The summed E-state index contributed by atoms with van der Waals surface area (Å²) in [6, 6.07) is -1.89. The second-order valence-corrected chi connectivity index (χ2v) is 5.42. The fraction of sp³-hybridized carbons (Fsp3) is 0.727. The predicted octanol–water partition coefficient (Wildman–Crippen LogP) is 1.54. The monoisotopic (exact) mass is 276 g/mol. The largest absolute Gasteiger partial charge is 0.412 e. The molecule has 106 valence electrons. The number of alkyl halides is 3. The molecule has 1 aromatic heterocycles. The Labute approximate surface area is 108 Å². The molecule has 0 radical (unpaired) electrons. The van der Waals surface area contributed by atoms with E-state index in [4.69, 9.17) is 0 Å². The van der Waals surface area contributed by atoms with E-state index in [9.17, 15) is 18.0 Å². The number of carbonyl (C=O) groups is 1. The Kier molecular flexibility index (Phi) is 3.27. The second kappa shape index (κ2) is 4.50. The van der Waals surface area contributed by atoms with Crippen LogP contribution in [0.15, 0.2) is 12.7 Å². The number of carbonyl (C=O) groups excluding carboxylic acids is 1. The Balaban J connectivity index is 1.97. The zero-order valence-corrected chi connectivity index (χ0v) is 10.6. The maximum absolute atomic E-state index is 12.9. The molecule has 1 aliphatic carbocycles. The standard InChI is InChI=1S/C11H15F3N4O/c1-10(2)3-7(10)9(19)16-4-8(11(12,13)14)18-6-15-5-17-18/h5-8H,3-4H2,1-2H3,(H,16,19)/t7-,8?/m1/s1. The first-order chi connectivity index (χ1) is 8.72. The van der Waals surface area contributed by atoms with Crippen LogP contribution in [0.4, 0.5) is 13.2 Å². The summed E-state index contributed by atoms with van der Waals surface area (Å²) < 4.78 is 39.3. The van der Waals surface area contributed by atoms with Gasteiger partial charge in [-0.25, -0.2) is 9.67 Å². The van der Waals surface area contributed by atoms with Crippen LogP contribution in [0.5, 0.6) is 0 Å². The molecule has 0 bridgehead atoms. The van der Waals surface area contributed by atoms with E-state index >= 15 is 0 Å². The van der Waals surface area contributed by atoms with Crippen molar-refractivity contribution in [2.75, 3.05) is 6.54 Å². The fourth-order valence-corrected chi connectivity index (χ4v) is 1.97. The van der Waals surface area contributed by atoms with Gasteiger partial charge >= 0.3 is 6.18 Å². The molecule has 1 aliphatic rings. The average Bonchev–Trinajstić information content (AvgIpc) is 2.73. The minimum Gasteiger partial charge on any atom is -0.353 e. The van der Waals surface area contributed by atoms with E-state index in [1.807, 2.05) is 13.8 Å². The number of rotatable bonds is 4. The van der Waals surface area contributed by atoms with Crippen LogP contribution >= 0.6 is 0 Å². The maximum Gasteiger partial charge on any atom is 0.412 e. The molecule has 1 aromatic rings. The normalized spacial score (nSPS) is 22.9. The highest BCUT2D eigenvalue weighted by atomic mass is 19.4. The van der Waals surface area contributed by atoms with E-state index in [-0.39, 0.29) is 17.2 Å². The van der Waals surface area contributed by atoms with Gasteiger partial charge in [0, 0.05) is 12.5 Å². The van der Waals surface area contributed by atoms with Gasteiger partial charge in [0.05, 0.1) is 0 Å². The summed E-state index contributed by atoms with van der Waals surface area (Å²) in [5.74, 6) is -0.531. The van der Waals surface area contributed by atoms with E-state index in [2.05, 4.69) is 15.4 Å². The molecule has 8 heteroatoms. The van der Waals surface area contributed by atoms with Gasteiger partial charge in [-0.05, 0) is 11.8 Å². The molecular formula is C11H15F3N4O. The Hall–Kier alpha value is -1.60. The van der Waals surface area contributed by atoms with Crippen molar-refractivity contribution in [3.05, 3.63) is 12.7 Å². The lowest BCUT2D eigenvalue weighted by Gasteiger charge is -2.20. The highest BCUT2D eigenvalue weighted by molar-refractivity contribution is 5.82. The summed E-state index contributed by atoms with van der Waals surface area (Å²) in [6.07, 6.45) is -1.76. The Morgan fingerprint density at radius 2 is 2.21 bits per heavy atom. The number of amides is 1. The van der Waals surface area contributed by atoms with Gasteiger partial charge in [0.15, 0.2) is 6.04 Å². The summed E-state index contributed by atoms with van der Waals surface area (Å²) in [4.78, 5) is 15.2. The van der Waals surface area contributed by atoms with Crippen LogP contribution in [0.3, 0.4) is 0 Å². The van der Waals surface area contributed by atoms with E-state index in [1.165, 1.54) is 0 Å². The van der Waals surface area contributed by atoms with Crippen molar-refractivity contribution in [3.63, 3.8) is 0 Å². The summed E-state index contributed by atoms with van der Waals surface area (Å²) >= 11 is 0. The van der Waals surface area contributed by atoms with Crippen LogP contribution < -0.4 is 5.32 Å². The van der Waals surface area contributed by atoms with Crippen LogP contribution in [0.2, 0.25) is 0 Å². The molecule has 1 unspecified atom stereocenters. The molecule has 1 amide bonds. The van der Waals surface area contributed by atoms with Crippen molar-refractivity contribution in [2.45, 2.75) is 32.5 Å². The van der Waals surface area contributed by atoms with Crippen molar-refractivity contribution >= 4 is 5.91 Å². The number of hydrogen-bond acceptors (Lipinski definition) is 3. The number of nitrogens with zero attached hydrogens (tertiary/aromatic N) is 3. The molecule has 0 aromatic carbocycles. The maximum atomic E-state index is 12.9. The van der Waals surface area contributed by atoms with Crippen LogP contribution in [-0.2, 0) is 4.79 Å². The molecule has 0 aliphatic heterocycles. The third-order valence-corrected chi connectivity index (χ3v) is 3.43. The first kappa shape index (κ1) is 13.8. The van der Waals surface area contributed by atoms with Crippen molar-refractivity contribution in [2.24, 2.45) is 11.3 Å². The topological polar surface area (TPSA) is 59.8 Å². The molecule has 1 fully saturated rings. The number of aromatic nitrogens is 3. The fourth-order valence-electron chi connectivity index (χ4n) is 1.97. The van der Waals surface area contributed by atoms with Crippen LogP contribution in [-0.4, -0.2) is 33.4 Å². The SMILES string of the molecule is CC1(C)C[C@@H]1C(=O)NCC(n1cncn1)C(F)(F)F. The highest BCUT2D eigenvalue weighted by Gasteiger charge is 2.51. The highest BCUT2D eigenvalue weighted by Crippen LogP contribution is 2.51. The zero-order valence-electron chi connectivity index (χ0n) is 10.6. The molecule has 0 spiro atoms. The van der Waals surface area contributed by atoms with Gasteiger partial charge in [-0.3, -0.25) is 4.79 Å². The molecule has 1 N–H and O–H groups in total. The smallest absolute Gasteiger partial charge is 0.353 e. The third-order valence-electron chi connectivity index (χ3n) is 3.43. The lowest BCUT2D eigenvalue weighted by Crippen LogP contribution is -2.39. The molecule has 0 saturated heterocycles. The Bertz CT molecular complexity index is 455. The molecule has 19 heavy (non-hydrogen) atoms. The summed E-state index contributed by atoms with van der Waals surface area (Å²) in [6.45, 7) is 3.30. The lowest BCUT2D eigenvalue weighted by atomic mass is 10.1. The van der Waals surface area contributed by atoms with Gasteiger partial charge in [-0.2, -0.15) is 18.3 Å². The summed E-state index contributed by atoms with van der Waals surface area (Å²) in [5, 5.41) is 5.83. The molecular weight excluding hydrogens is 261 g/mol. The van der Waals surface area contributed by atoms with E-state index < -0.39 is 18.8 Å². The average molecular weight is 276 g/mol. The summed E-state index contributed by atoms with van der Waals surface area (Å²) in [5.41, 5.74) is -0.106. The quantitative estimate of drug-likeness (QED) is 0.907. The lowest BCUT2D eigenvalue weighted by molar-refractivity contribution is -0.169. The number of hydrogen-bond donors (Lipinski definition) is 1. The Morgan fingerprint density at radius 3 is 2.63 bits per heavy atom. The van der Waals surface area contributed by atoms with Gasteiger partial charge in [-0.15, -0.1) is 0 Å². The van der Waals surface area contributed by atoms with Crippen LogP contribution in [0, 0.1) is 11.3 Å².